The van der Waals surface area contributed by atoms with Gasteiger partial charge in [-0.1, -0.05) is 37.6 Å². The third-order valence-corrected chi connectivity index (χ3v) is 5.01. The highest BCUT2D eigenvalue weighted by atomic mass is 35.5. The zero-order valence-corrected chi connectivity index (χ0v) is 15.9. The van der Waals surface area contributed by atoms with Crippen molar-refractivity contribution < 1.29 is 19.5 Å². The van der Waals surface area contributed by atoms with Gasteiger partial charge in [0, 0.05) is 23.6 Å². The lowest BCUT2D eigenvalue weighted by Gasteiger charge is -2.32. The van der Waals surface area contributed by atoms with Gasteiger partial charge >= 0.3 is 5.97 Å². The number of carbonyl (C=O) groups is 3. The van der Waals surface area contributed by atoms with Crippen molar-refractivity contribution in [1.82, 2.24) is 4.90 Å². The van der Waals surface area contributed by atoms with Crippen molar-refractivity contribution in [2.24, 2.45) is 5.92 Å². The Balaban J connectivity index is 2.00. The average Bonchev–Trinajstić information content (AvgIpc) is 2.70. The Labute approximate surface area is 162 Å². The van der Waals surface area contributed by atoms with Gasteiger partial charge in [0.15, 0.2) is 5.78 Å². The lowest BCUT2D eigenvalue weighted by molar-refractivity contribution is -0.124. The Morgan fingerprint density at radius 1 is 1.19 bits per heavy atom. The van der Waals surface area contributed by atoms with Gasteiger partial charge in [-0.05, 0) is 47.4 Å². The first-order chi connectivity index (χ1) is 12.8. The van der Waals surface area contributed by atoms with Crippen molar-refractivity contribution in [3.63, 3.8) is 0 Å². The number of ketones is 1. The van der Waals surface area contributed by atoms with E-state index in [-0.39, 0.29) is 36.1 Å². The number of aromatic carboxylic acids is 1. The normalized spacial score (nSPS) is 17.0. The fourth-order valence-corrected chi connectivity index (χ4v) is 3.71. The monoisotopic (exact) mass is 385 g/mol. The Bertz CT molecular complexity index is 905. The van der Waals surface area contributed by atoms with Crippen LogP contribution in [-0.2, 0) is 17.8 Å². The molecular weight excluding hydrogens is 366 g/mol. The molecule has 3 rings (SSSR count). The minimum Gasteiger partial charge on any atom is -0.478 e. The number of hydrogen-bond donors (Lipinski definition) is 1. The number of carboxylic acid groups (broad SMARTS) is 1. The highest BCUT2D eigenvalue weighted by molar-refractivity contribution is 6.30. The van der Waals surface area contributed by atoms with Crippen molar-refractivity contribution in [3.8, 4) is 0 Å². The molecule has 1 atom stereocenters. The van der Waals surface area contributed by atoms with Gasteiger partial charge in [0.05, 0.1) is 11.6 Å². The molecule has 27 heavy (non-hydrogen) atoms. The van der Waals surface area contributed by atoms with Crippen LogP contribution in [0, 0.1) is 5.92 Å². The number of amides is 1. The molecule has 0 fully saturated rings. The summed E-state index contributed by atoms with van der Waals surface area (Å²) >= 11 is 6.05. The number of nitrogens with zero attached hydrogens (tertiary/aromatic N) is 1. The summed E-state index contributed by atoms with van der Waals surface area (Å²) in [7, 11) is 0. The fourth-order valence-electron chi connectivity index (χ4n) is 3.52. The van der Waals surface area contributed by atoms with Gasteiger partial charge in [-0.3, -0.25) is 9.59 Å². The topological polar surface area (TPSA) is 74.7 Å². The highest BCUT2D eigenvalue weighted by Gasteiger charge is 2.37. The van der Waals surface area contributed by atoms with Crippen molar-refractivity contribution >= 4 is 29.3 Å². The van der Waals surface area contributed by atoms with Gasteiger partial charge in [0.1, 0.15) is 0 Å². The molecule has 1 aliphatic rings. The molecule has 0 aromatic heterocycles. The van der Waals surface area contributed by atoms with Crippen molar-refractivity contribution in [3.05, 3.63) is 69.7 Å². The van der Waals surface area contributed by atoms with E-state index < -0.39 is 12.0 Å². The van der Waals surface area contributed by atoms with Crippen LogP contribution in [0.4, 0.5) is 0 Å². The van der Waals surface area contributed by atoms with Gasteiger partial charge in [0.25, 0.3) is 5.91 Å². The largest absolute Gasteiger partial charge is 0.478 e. The Kier molecular flexibility index (Phi) is 5.33. The molecule has 1 amide bonds. The molecule has 0 saturated carbocycles. The Morgan fingerprint density at radius 3 is 2.44 bits per heavy atom. The maximum Gasteiger partial charge on any atom is 0.335 e. The molecular formula is C21H20ClNO4. The molecule has 0 aliphatic carbocycles. The molecule has 0 spiro atoms. The molecule has 1 heterocycles. The van der Waals surface area contributed by atoms with Crippen LogP contribution in [0.5, 0.6) is 0 Å². The maximum atomic E-state index is 13.2. The standard InChI is InChI=1S/C21H20ClNO4/c1-12(2)19-18(24)10-15-9-16(22)7-8-17(15)20(25)23(19)11-13-3-5-14(6-4-13)21(26)27/h3-9,12,19H,10-11H2,1-2H3,(H,26,27)/t19-/m1/s1. The van der Waals surface area contributed by atoms with Crippen LogP contribution >= 0.6 is 11.6 Å². The lowest BCUT2D eigenvalue weighted by atomic mass is 9.95. The third kappa shape index (κ3) is 3.88. The molecule has 2 aromatic rings. The smallest absolute Gasteiger partial charge is 0.335 e. The first kappa shape index (κ1) is 19.1. The fraction of sp³-hybridized carbons (Fsp3) is 0.286. The number of benzene rings is 2. The lowest BCUT2D eigenvalue weighted by Crippen LogP contribution is -2.46. The van der Waals surface area contributed by atoms with Crippen LogP contribution in [0.3, 0.4) is 0 Å². The van der Waals surface area contributed by atoms with Crippen LogP contribution < -0.4 is 0 Å². The number of halogens is 1. The van der Waals surface area contributed by atoms with E-state index in [4.69, 9.17) is 16.7 Å². The van der Waals surface area contributed by atoms with Crippen molar-refractivity contribution in [2.45, 2.75) is 32.9 Å². The number of fused-ring (bicyclic) bond motifs is 1. The van der Waals surface area contributed by atoms with Crippen LogP contribution in [0.15, 0.2) is 42.5 Å². The van der Waals surface area contributed by atoms with E-state index in [0.717, 1.165) is 5.56 Å². The average molecular weight is 386 g/mol. The Hall–Kier alpha value is -2.66. The van der Waals surface area contributed by atoms with Crippen molar-refractivity contribution in [1.29, 1.82) is 0 Å². The predicted molar refractivity (Wildman–Crippen MR) is 102 cm³/mol. The van der Waals surface area contributed by atoms with Gasteiger partial charge < -0.3 is 10.0 Å². The van der Waals surface area contributed by atoms with Gasteiger partial charge in [-0.25, -0.2) is 4.79 Å². The van der Waals surface area contributed by atoms with E-state index in [2.05, 4.69) is 0 Å². The first-order valence-electron chi connectivity index (χ1n) is 8.72. The third-order valence-electron chi connectivity index (χ3n) is 4.77. The summed E-state index contributed by atoms with van der Waals surface area (Å²) in [5, 5.41) is 9.53. The molecule has 2 aromatic carbocycles. The van der Waals surface area contributed by atoms with E-state index in [9.17, 15) is 14.4 Å². The summed E-state index contributed by atoms with van der Waals surface area (Å²) in [4.78, 5) is 38.7. The summed E-state index contributed by atoms with van der Waals surface area (Å²) in [6, 6.07) is 10.8. The zero-order chi connectivity index (χ0) is 19.7. The predicted octanol–water partition coefficient (Wildman–Crippen LogP) is 3.83. The molecule has 0 saturated heterocycles. The quantitative estimate of drug-likeness (QED) is 0.867. The molecule has 5 nitrogen and oxygen atoms in total. The molecule has 6 heteroatoms. The number of hydrogen-bond acceptors (Lipinski definition) is 3. The second-order valence-electron chi connectivity index (χ2n) is 7.07. The van der Waals surface area contributed by atoms with E-state index in [1.165, 1.54) is 12.1 Å². The first-order valence-corrected chi connectivity index (χ1v) is 9.10. The van der Waals surface area contributed by atoms with E-state index in [1.54, 1.807) is 35.2 Å². The van der Waals surface area contributed by atoms with Crippen LogP contribution in [-0.4, -0.2) is 33.7 Å². The second kappa shape index (κ2) is 7.53. The summed E-state index contributed by atoms with van der Waals surface area (Å²) in [6.07, 6.45) is 0.166. The number of carbonyl (C=O) groups excluding carboxylic acids is 2. The molecule has 0 bridgehead atoms. The molecule has 0 unspecified atom stereocenters. The molecule has 140 valence electrons. The summed E-state index contributed by atoms with van der Waals surface area (Å²) in [5.41, 5.74) is 2.08. The van der Waals surface area contributed by atoms with Crippen LogP contribution in [0.1, 0.15) is 45.7 Å². The molecule has 0 radical (unpaired) electrons. The van der Waals surface area contributed by atoms with Gasteiger partial charge in [-0.2, -0.15) is 0 Å². The number of carboxylic acids is 1. The zero-order valence-electron chi connectivity index (χ0n) is 15.1. The maximum absolute atomic E-state index is 13.2. The Morgan fingerprint density at radius 2 is 1.85 bits per heavy atom. The minimum absolute atomic E-state index is 0.0264. The summed E-state index contributed by atoms with van der Waals surface area (Å²) in [6.45, 7) is 4.06. The van der Waals surface area contributed by atoms with E-state index in [1.807, 2.05) is 13.8 Å². The SMILES string of the molecule is CC(C)[C@@H]1C(=O)Cc2cc(Cl)ccc2C(=O)N1Cc1ccc(C(=O)O)cc1. The van der Waals surface area contributed by atoms with E-state index >= 15 is 0 Å². The number of Topliss-reactive ketones (excluding diaryl/α,β-unsaturated/α-hetero) is 1. The number of rotatable bonds is 4. The van der Waals surface area contributed by atoms with E-state index in [0.29, 0.717) is 16.1 Å². The van der Waals surface area contributed by atoms with Gasteiger partial charge in [0.2, 0.25) is 0 Å². The van der Waals surface area contributed by atoms with Crippen LogP contribution in [0.2, 0.25) is 5.02 Å². The molecule has 1 N–H and O–H groups in total. The van der Waals surface area contributed by atoms with Gasteiger partial charge in [-0.15, -0.1) is 0 Å². The summed E-state index contributed by atoms with van der Waals surface area (Å²) in [5.74, 6) is -1.30. The highest BCUT2D eigenvalue weighted by Crippen LogP contribution is 2.28. The van der Waals surface area contributed by atoms with Crippen molar-refractivity contribution in [2.75, 3.05) is 0 Å². The van der Waals surface area contributed by atoms with Crippen LogP contribution in [0.25, 0.3) is 0 Å². The minimum atomic E-state index is -1.01. The second-order valence-corrected chi connectivity index (χ2v) is 7.50. The molecule has 1 aliphatic heterocycles. The summed E-state index contributed by atoms with van der Waals surface area (Å²) < 4.78 is 0.